The molecule has 28 heavy (non-hydrogen) atoms. The minimum absolute atomic E-state index is 0.292. The van der Waals surface area contributed by atoms with Crippen molar-refractivity contribution in [1.82, 2.24) is 14.6 Å². The summed E-state index contributed by atoms with van der Waals surface area (Å²) in [6, 6.07) is 7.20. The van der Waals surface area contributed by atoms with E-state index in [9.17, 15) is 18.0 Å². The van der Waals surface area contributed by atoms with E-state index in [1.165, 1.54) is 23.9 Å². The van der Waals surface area contributed by atoms with Gasteiger partial charge in [0.1, 0.15) is 5.03 Å². The highest BCUT2D eigenvalue weighted by molar-refractivity contribution is 7.98. The molecule has 2 aromatic heterocycles. The average Bonchev–Trinajstić information content (AvgIpc) is 3.02. The van der Waals surface area contributed by atoms with Gasteiger partial charge in [0.15, 0.2) is 5.65 Å². The third kappa shape index (κ3) is 4.14. The lowest BCUT2D eigenvalue weighted by atomic mass is 9.95. The summed E-state index contributed by atoms with van der Waals surface area (Å²) in [6.45, 7) is 4.91. The molecule has 148 valence electrons. The van der Waals surface area contributed by atoms with Crippen molar-refractivity contribution in [1.29, 1.82) is 0 Å². The molecule has 0 aliphatic heterocycles. The molecule has 0 unspecified atom stereocenters. The minimum atomic E-state index is -4.59. The summed E-state index contributed by atoms with van der Waals surface area (Å²) < 4.78 is 41.8. The fraction of sp³-hybridized carbons (Fsp3) is 0.316. The normalized spacial score (nSPS) is 12.4. The lowest BCUT2D eigenvalue weighted by molar-refractivity contribution is -0.137. The molecule has 1 aromatic carbocycles. The molecule has 9 heteroatoms. The van der Waals surface area contributed by atoms with Crippen molar-refractivity contribution in [2.45, 2.75) is 32.0 Å². The number of nitrogens with one attached hydrogen (secondary N) is 1. The van der Waals surface area contributed by atoms with Crippen molar-refractivity contribution in [3.8, 4) is 11.3 Å². The largest absolute Gasteiger partial charge is 0.418 e. The molecule has 0 radical (unpaired) electrons. The first kappa shape index (κ1) is 20.2. The molecule has 3 aromatic rings. The maximum atomic E-state index is 13.4. The Balaban J connectivity index is 2.07. The van der Waals surface area contributed by atoms with Crippen molar-refractivity contribution in [3.63, 3.8) is 0 Å². The number of aromatic nitrogens is 3. The fourth-order valence-electron chi connectivity index (χ4n) is 2.48. The van der Waals surface area contributed by atoms with Crippen molar-refractivity contribution >= 4 is 29.0 Å². The summed E-state index contributed by atoms with van der Waals surface area (Å²) in [5.74, 6) is -0.503. The molecular weight excluding hydrogens is 389 g/mol. The van der Waals surface area contributed by atoms with Gasteiger partial charge in [-0.3, -0.25) is 4.79 Å². The zero-order chi connectivity index (χ0) is 20.7. The Hall–Kier alpha value is -2.55. The van der Waals surface area contributed by atoms with Crippen molar-refractivity contribution in [2.75, 3.05) is 11.6 Å². The Kier molecular flexibility index (Phi) is 5.14. The van der Waals surface area contributed by atoms with Gasteiger partial charge in [-0.2, -0.15) is 18.3 Å². The first-order valence-electron chi connectivity index (χ1n) is 8.42. The monoisotopic (exact) mass is 408 g/mol. The van der Waals surface area contributed by atoms with Crippen molar-refractivity contribution in [2.24, 2.45) is 5.41 Å². The predicted molar refractivity (Wildman–Crippen MR) is 103 cm³/mol. The number of anilines is 1. The highest BCUT2D eigenvalue weighted by Crippen LogP contribution is 2.37. The summed E-state index contributed by atoms with van der Waals surface area (Å²) in [7, 11) is 0. The molecule has 0 saturated heterocycles. The second-order valence-corrected chi connectivity index (χ2v) is 8.09. The van der Waals surface area contributed by atoms with Crippen LogP contribution in [0.3, 0.4) is 0 Å². The number of nitrogens with zero attached hydrogens (tertiary/aromatic N) is 3. The van der Waals surface area contributed by atoms with E-state index in [1.807, 2.05) is 12.3 Å². The average molecular weight is 408 g/mol. The molecule has 0 saturated carbocycles. The van der Waals surface area contributed by atoms with Crippen LogP contribution in [0.1, 0.15) is 26.3 Å². The summed E-state index contributed by atoms with van der Waals surface area (Å²) in [4.78, 5) is 16.7. The number of thioether (sulfide) groups is 1. The number of carbonyl (C=O) groups excluding carboxylic acids is 1. The molecule has 2 heterocycles. The van der Waals surface area contributed by atoms with Gasteiger partial charge in [-0.1, -0.05) is 26.8 Å². The van der Waals surface area contributed by atoms with E-state index in [4.69, 9.17) is 0 Å². The van der Waals surface area contributed by atoms with Crippen molar-refractivity contribution < 1.29 is 18.0 Å². The van der Waals surface area contributed by atoms with Crippen LogP contribution in [0.4, 0.5) is 18.9 Å². The van der Waals surface area contributed by atoms with Gasteiger partial charge < -0.3 is 5.32 Å². The number of fused-ring (bicyclic) bond motifs is 1. The molecule has 0 bridgehead atoms. The zero-order valence-electron chi connectivity index (χ0n) is 15.8. The third-order valence-electron chi connectivity index (χ3n) is 4.05. The van der Waals surface area contributed by atoms with Crippen LogP contribution in [0.15, 0.2) is 41.6 Å². The quantitative estimate of drug-likeness (QED) is 0.611. The van der Waals surface area contributed by atoms with Crippen molar-refractivity contribution in [3.05, 3.63) is 42.1 Å². The van der Waals surface area contributed by atoms with E-state index in [-0.39, 0.29) is 5.69 Å². The van der Waals surface area contributed by atoms with Gasteiger partial charge in [-0.05, 0) is 30.5 Å². The fourth-order valence-corrected chi connectivity index (χ4v) is 2.85. The molecule has 0 aliphatic rings. The van der Waals surface area contributed by atoms with Gasteiger partial charge in [0, 0.05) is 11.0 Å². The number of hydrogen-bond donors (Lipinski definition) is 1. The Morgan fingerprint density at radius 1 is 1.14 bits per heavy atom. The number of halogens is 3. The maximum Gasteiger partial charge on any atom is 0.418 e. The van der Waals surface area contributed by atoms with Gasteiger partial charge in [-0.25, -0.2) is 9.50 Å². The Morgan fingerprint density at radius 3 is 2.46 bits per heavy atom. The number of imidazole rings is 1. The van der Waals surface area contributed by atoms with Gasteiger partial charge >= 0.3 is 6.18 Å². The van der Waals surface area contributed by atoms with Gasteiger partial charge in [0.2, 0.25) is 5.91 Å². The minimum Gasteiger partial charge on any atom is -0.325 e. The highest BCUT2D eigenvalue weighted by atomic mass is 32.2. The Labute approximate surface area is 164 Å². The molecule has 1 amide bonds. The molecule has 0 aliphatic carbocycles. The first-order chi connectivity index (χ1) is 13.0. The van der Waals surface area contributed by atoms with E-state index in [0.717, 1.165) is 11.1 Å². The molecule has 0 fully saturated rings. The Morgan fingerprint density at radius 2 is 1.86 bits per heavy atom. The third-order valence-corrected chi connectivity index (χ3v) is 4.69. The van der Waals surface area contributed by atoms with Crippen LogP contribution in [-0.4, -0.2) is 26.8 Å². The van der Waals surface area contributed by atoms with Gasteiger partial charge in [0.05, 0.1) is 23.1 Å². The molecule has 1 N–H and O–H groups in total. The second kappa shape index (κ2) is 7.12. The van der Waals surface area contributed by atoms with Crippen LogP contribution in [0.25, 0.3) is 16.9 Å². The van der Waals surface area contributed by atoms with Gasteiger partial charge in [0.25, 0.3) is 0 Å². The van der Waals surface area contributed by atoms with E-state index < -0.39 is 23.1 Å². The lowest BCUT2D eigenvalue weighted by Crippen LogP contribution is -2.28. The number of alkyl halides is 3. The summed E-state index contributed by atoms with van der Waals surface area (Å²) in [5.41, 5.74) is -0.535. The van der Waals surface area contributed by atoms with Crippen LogP contribution in [0.5, 0.6) is 0 Å². The van der Waals surface area contributed by atoms with Crippen LogP contribution in [-0.2, 0) is 11.0 Å². The number of hydrogen-bond acceptors (Lipinski definition) is 4. The number of amides is 1. The van der Waals surface area contributed by atoms with Crippen LogP contribution >= 0.6 is 11.8 Å². The Bertz CT molecular complexity index is 1040. The number of benzene rings is 1. The molecule has 5 nitrogen and oxygen atoms in total. The van der Waals surface area contributed by atoms with E-state index in [0.29, 0.717) is 16.9 Å². The highest BCUT2D eigenvalue weighted by Gasteiger charge is 2.35. The predicted octanol–water partition coefficient (Wildman–Crippen LogP) is 5.12. The SMILES string of the molecule is CSc1ccc2nc(-c3ccc(C(F)(F)F)c(NC(=O)C(C)(C)C)c3)cn2n1. The summed E-state index contributed by atoms with van der Waals surface area (Å²) in [6.07, 6.45) is -1.05. The smallest absolute Gasteiger partial charge is 0.325 e. The topological polar surface area (TPSA) is 59.3 Å². The lowest BCUT2D eigenvalue weighted by Gasteiger charge is -2.20. The standard InChI is InChI=1S/C19H19F3N4OS/c1-18(2,3)17(27)24-13-9-11(5-6-12(13)19(20,21)22)14-10-26-15(23-14)7-8-16(25-26)28-4/h5-10H,1-4H3,(H,24,27). The molecule has 0 spiro atoms. The molecular formula is C19H19F3N4OS. The van der Waals surface area contributed by atoms with Crippen LogP contribution in [0, 0.1) is 5.41 Å². The van der Waals surface area contributed by atoms with E-state index in [2.05, 4.69) is 15.4 Å². The second-order valence-electron chi connectivity index (χ2n) is 7.27. The summed E-state index contributed by atoms with van der Waals surface area (Å²) >= 11 is 1.47. The number of rotatable bonds is 3. The number of carbonyl (C=O) groups is 1. The van der Waals surface area contributed by atoms with Gasteiger partial charge in [-0.15, -0.1) is 11.8 Å². The van der Waals surface area contributed by atoms with E-state index in [1.54, 1.807) is 37.5 Å². The van der Waals surface area contributed by atoms with Crippen LogP contribution in [0.2, 0.25) is 0 Å². The van der Waals surface area contributed by atoms with Crippen LogP contribution < -0.4 is 5.32 Å². The molecule has 0 atom stereocenters. The van der Waals surface area contributed by atoms with E-state index >= 15 is 0 Å². The molecule has 3 rings (SSSR count). The maximum absolute atomic E-state index is 13.4. The summed E-state index contributed by atoms with van der Waals surface area (Å²) in [5, 5.41) is 7.57. The first-order valence-corrected chi connectivity index (χ1v) is 9.65. The zero-order valence-corrected chi connectivity index (χ0v) is 16.6.